The molecule has 6 rings (SSSR count). The van der Waals surface area contributed by atoms with Gasteiger partial charge in [0.25, 0.3) is 11.8 Å². The molecule has 0 bridgehead atoms. The number of amides is 2. The molecule has 0 spiro atoms. The zero-order valence-corrected chi connectivity index (χ0v) is 20.8. The number of nitrogens with one attached hydrogen (secondary N) is 1. The van der Waals surface area contributed by atoms with Gasteiger partial charge in [0.15, 0.2) is 11.5 Å². The third-order valence-electron chi connectivity index (χ3n) is 7.62. The quantitative estimate of drug-likeness (QED) is 0.568. The van der Waals surface area contributed by atoms with Crippen LogP contribution >= 0.6 is 0 Å². The van der Waals surface area contributed by atoms with Crippen molar-refractivity contribution >= 4 is 17.5 Å². The maximum absolute atomic E-state index is 13.7. The van der Waals surface area contributed by atoms with E-state index in [1.165, 1.54) is 0 Å². The molecule has 0 radical (unpaired) electrons. The van der Waals surface area contributed by atoms with E-state index in [2.05, 4.69) is 11.4 Å². The number of anilines is 1. The lowest BCUT2D eigenvalue weighted by molar-refractivity contribution is 0.0700. The van der Waals surface area contributed by atoms with Gasteiger partial charge in [-0.1, -0.05) is 18.2 Å². The fourth-order valence-electron chi connectivity index (χ4n) is 5.73. The number of aliphatic hydroxyl groups excluding tert-OH is 1. The Morgan fingerprint density at radius 1 is 0.973 bits per heavy atom. The van der Waals surface area contributed by atoms with Crippen molar-refractivity contribution in [2.45, 2.75) is 18.5 Å². The zero-order chi connectivity index (χ0) is 25.7. The molecule has 0 aliphatic carbocycles. The Morgan fingerprint density at radius 2 is 1.70 bits per heavy atom. The normalized spacial score (nSPS) is 21.2. The van der Waals surface area contributed by atoms with Crippen molar-refractivity contribution in [1.29, 1.82) is 0 Å². The lowest BCUT2D eigenvalue weighted by Crippen LogP contribution is -2.42. The monoisotopic (exact) mass is 499 g/mol. The third kappa shape index (κ3) is 3.97. The number of carbonyl (C=O) groups is 2. The molecule has 3 aromatic rings. The van der Waals surface area contributed by atoms with Gasteiger partial charge < -0.3 is 29.7 Å². The minimum atomic E-state index is -0.166. The summed E-state index contributed by atoms with van der Waals surface area (Å²) in [5.41, 5.74) is 5.15. The van der Waals surface area contributed by atoms with Gasteiger partial charge in [0.05, 0.1) is 18.7 Å². The van der Waals surface area contributed by atoms with Gasteiger partial charge in [0.2, 0.25) is 6.79 Å². The van der Waals surface area contributed by atoms with E-state index in [1.807, 2.05) is 41.3 Å². The number of likely N-dealkylation sites (tertiary alicyclic amines) is 1. The largest absolute Gasteiger partial charge is 0.454 e. The average molecular weight is 500 g/mol. The highest BCUT2D eigenvalue weighted by Crippen LogP contribution is 2.48. The molecular formula is C29H29N3O5. The first kappa shape index (κ1) is 23.4. The topological polar surface area (TPSA) is 91.3 Å². The Morgan fingerprint density at radius 3 is 2.46 bits per heavy atom. The van der Waals surface area contributed by atoms with Crippen LogP contribution in [0.3, 0.4) is 0 Å². The molecule has 8 heteroatoms. The molecule has 3 heterocycles. The van der Waals surface area contributed by atoms with Gasteiger partial charge in [-0.15, -0.1) is 0 Å². The molecule has 2 amide bonds. The first-order valence-electron chi connectivity index (χ1n) is 12.5. The molecule has 190 valence electrons. The number of ether oxygens (including phenoxy) is 2. The van der Waals surface area contributed by atoms with E-state index in [9.17, 15) is 14.7 Å². The lowest BCUT2D eigenvalue weighted by Gasteiger charge is -2.39. The molecule has 1 fully saturated rings. The molecular weight excluding hydrogens is 470 g/mol. The van der Waals surface area contributed by atoms with E-state index in [1.54, 1.807) is 37.2 Å². The molecule has 3 atom stereocenters. The molecule has 0 aromatic heterocycles. The van der Waals surface area contributed by atoms with Gasteiger partial charge in [-0.05, 0) is 65.6 Å². The molecule has 0 saturated carbocycles. The summed E-state index contributed by atoms with van der Waals surface area (Å²) in [5.74, 6) is 1.21. The molecule has 37 heavy (non-hydrogen) atoms. The number of hydrogen-bond donors (Lipinski definition) is 2. The summed E-state index contributed by atoms with van der Waals surface area (Å²) >= 11 is 0. The van der Waals surface area contributed by atoms with Gasteiger partial charge in [-0.3, -0.25) is 9.59 Å². The van der Waals surface area contributed by atoms with Crippen LogP contribution in [0.5, 0.6) is 11.5 Å². The van der Waals surface area contributed by atoms with Crippen LogP contribution in [0.25, 0.3) is 11.1 Å². The predicted octanol–water partition coefficient (Wildman–Crippen LogP) is 3.77. The van der Waals surface area contributed by atoms with Crippen molar-refractivity contribution < 1.29 is 24.2 Å². The van der Waals surface area contributed by atoms with Gasteiger partial charge in [0.1, 0.15) is 0 Å². The summed E-state index contributed by atoms with van der Waals surface area (Å²) in [5, 5.41) is 13.6. The van der Waals surface area contributed by atoms with E-state index < -0.39 is 0 Å². The van der Waals surface area contributed by atoms with Gasteiger partial charge >= 0.3 is 0 Å². The third-order valence-corrected chi connectivity index (χ3v) is 7.62. The SMILES string of the molecule is CN(C)C(=O)c1ccc(-c2ccc3c(c2)[C@H]2[C@H](CCN2C(=O)c2ccc4c(c2)OCO4)[C@H](CO)N3)cc1. The Hall–Kier alpha value is -4.04. The molecule has 3 aliphatic rings. The zero-order valence-electron chi connectivity index (χ0n) is 20.8. The summed E-state index contributed by atoms with van der Waals surface area (Å²) in [6, 6.07) is 18.8. The van der Waals surface area contributed by atoms with Crippen LogP contribution in [0.15, 0.2) is 60.7 Å². The second-order valence-corrected chi connectivity index (χ2v) is 9.98. The van der Waals surface area contributed by atoms with Gasteiger partial charge in [0, 0.05) is 43.4 Å². The van der Waals surface area contributed by atoms with Crippen LogP contribution in [0.4, 0.5) is 5.69 Å². The Balaban J connectivity index is 1.35. The Kier molecular flexibility index (Phi) is 5.76. The predicted molar refractivity (Wildman–Crippen MR) is 139 cm³/mol. The van der Waals surface area contributed by atoms with Crippen molar-refractivity contribution in [3.63, 3.8) is 0 Å². The van der Waals surface area contributed by atoms with E-state index in [4.69, 9.17) is 9.47 Å². The summed E-state index contributed by atoms with van der Waals surface area (Å²) in [6.07, 6.45) is 0.796. The first-order chi connectivity index (χ1) is 17.9. The molecule has 2 N–H and O–H groups in total. The van der Waals surface area contributed by atoms with Crippen LogP contribution in [0.1, 0.15) is 38.7 Å². The van der Waals surface area contributed by atoms with Crippen molar-refractivity contribution in [2.24, 2.45) is 5.92 Å². The summed E-state index contributed by atoms with van der Waals surface area (Å²) < 4.78 is 10.9. The number of nitrogens with zero attached hydrogens (tertiary/aromatic N) is 2. The van der Waals surface area contributed by atoms with E-state index in [0.29, 0.717) is 29.2 Å². The summed E-state index contributed by atoms with van der Waals surface area (Å²) in [4.78, 5) is 29.5. The highest BCUT2D eigenvalue weighted by atomic mass is 16.7. The standard InChI is InChI=1S/C29H29N3O5/c1-31(2)28(34)18-5-3-17(4-6-18)19-7-9-23-22(13-19)27-21(24(15-33)30-23)11-12-32(27)29(35)20-8-10-25-26(14-20)37-16-36-25/h3-10,13-14,21,24,27,30,33H,11-12,15-16H2,1-2H3/t21-,24+,27-/m1/s1. The smallest absolute Gasteiger partial charge is 0.254 e. The molecule has 0 unspecified atom stereocenters. The number of aliphatic hydroxyl groups is 1. The molecule has 8 nitrogen and oxygen atoms in total. The fourth-order valence-corrected chi connectivity index (χ4v) is 5.73. The number of carbonyl (C=O) groups excluding carboxylic acids is 2. The van der Waals surface area contributed by atoms with Crippen LogP contribution < -0.4 is 14.8 Å². The van der Waals surface area contributed by atoms with E-state index in [-0.39, 0.29) is 43.2 Å². The van der Waals surface area contributed by atoms with Crippen LogP contribution in [0, 0.1) is 5.92 Å². The van der Waals surface area contributed by atoms with Crippen molar-refractivity contribution in [1.82, 2.24) is 9.80 Å². The Bertz CT molecular complexity index is 1370. The number of rotatable bonds is 4. The number of benzene rings is 3. The summed E-state index contributed by atoms with van der Waals surface area (Å²) in [6.45, 7) is 0.757. The van der Waals surface area contributed by atoms with Gasteiger partial charge in [-0.2, -0.15) is 0 Å². The first-order valence-corrected chi connectivity index (χ1v) is 12.5. The van der Waals surface area contributed by atoms with Crippen LogP contribution in [-0.4, -0.2) is 66.8 Å². The van der Waals surface area contributed by atoms with Gasteiger partial charge in [-0.25, -0.2) is 0 Å². The molecule has 3 aromatic carbocycles. The minimum absolute atomic E-state index is 0.00419. The van der Waals surface area contributed by atoms with Crippen molar-refractivity contribution in [2.75, 3.05) is 39.4 Å². The number of hydrogen-bond acceptors (Lipinski definition) is 6. The highest BCUT2D eigenvalue weighted by molar-refractivity contribution is 5.96. The molecule has 1 saturated heterocycles. The van der Waals surface area contributed by atoms with E-state index in [0.717, 1.165) is 28.8 Å². The second kappa shape index (κ2) is 9.12. The maximum Gasteiger partial charge on any atom is 0.254 e. The van der Waals surface area contributed by atoms with Crippen LogP contribution in [0.2, 0.25) is 0 Å². The van der Waals surface area contributed by atoms with E-state index >= 15 is 0 Å². The van der Waals surface area contributed by atoms with Crippen molar-refractivity contribution in [3.8, 4) is 22.6 Å². The lowest BCUT2D eigenvalue weighted by atomic mass is 9.82. The minimum Gasteiger partial charge on any atom is -0.454 e. The molecule has 3 aliphatic heterocycles. The average Bonchev–Trinajstić information content (AvgIpc) is 3.59. The fraction of sp³-hybridized carbons (Fsp3) is 0.310. The highest BCUT2D eigenvalue weighted by Gasteiger charge is 2.46. The number of fused-ring (bicyclic) bond motifs is 4. The van der Waals surface area contributed by atoms with Crippen molar-refractivity contribution in [3.05, 3.63) is 77.4 Å². The maximum atomic E-state index is 13.7. The Labute approximate surface area is 215 Å². The van der Waals surface area contributed by atoms with Crippen LogP contribution in [-0.2, 0) is 0 Å². The second-order valence-electron chi connectivity index (χ2n) is 9.98. The summed E-state index contributed by atoms with van der Waals surface area (Å²) in [7, 11) is 3.47.